The summed E-state index contributed by atoms with van der Waals surface area (Å²) in [5.41, 5.74) is 0.531. The van der Waals surface area contributed by atoms with E-state index in [4.69, 9.17) is 0 Å². The van der Waals surface area contributed by atoms with Gasteiger partial charge in [-0.2, -0.15) is 0 Å². The quantitative estimate of drug-likeness (QED) is 0.264. The van der Waals surface area contributed by atoms with E-state index in [-0.39, 0.29) is 5.97 Å². The van der Waals surface area contributed by atoms with E-state index in [1.165, 1.54) is 0 Å². The lowest BCUT2D eigenvalue weighted by molar-refractivity contribution is -0.133. The van der Waals surface area contributed by atoms with E-state index in [1.54, 1.807) is 0 Å². The van der Waals surface area contributed by atoms with E-state index in [0.717, 1.165) is 31.9 Å². The molecule has 0 N–H and O–H groups in total. The average molecular weight is 168 g/mol. The second-order valence-electron chi connectivity index (χ2n) is 2.63. The Morgan fingerprint density at radius 3 is 2.67 bits per heavy atom. The lowest BCUT2D eigenvalue weighted by Gasteiger charge is -2.01. The number of carbonyl (C=O) groups is 1. The predicted molar refractivity (Wildman–Crippen MR) is 49.6 cm³/mol. The molecule has 0 radical (unpaired) electrons. The van der Waals surface area contributed by atoms with Gasteiger partial charge in [0.05, 0.1) is 6.26 Å². The Morgan fingerprint density at radius 1 is 1.50 bits per heavy atom. The molecule has 0 aliphatic heterocycles. The van der Waals surface area contributed by atoms with Crippen molar-refractivity contribution in [3.8, 4) is 0 Å². The molecule has 0 unspecified atom stereocenters. The highest BCUT2D eigenvalue weighted by atomic mass is 16.5. The summed E-state index contributed by atoms with van der Waals surface area (Å²) < 4.78 is 4.56. The Morgan fingerprint density at radius 2 is 2.17 bits per heavy atom. The minimum Gasteiger partial charge on any atom is -0.432 e. The van der Waals surface area contributed by atoms with Gasteiger partial charge in [0.2, 0.25) is 0 Å². The van der Waals surface area contributed by atoms with Gasteiger partial charge >= 0.3 is 5.97 Å². The van der Waals surface area contributed by atoms with Crippen molar-refractivity contribution in [1.82, 2.24) is 0 Å². The molecule has 2 heteroatoms. The molecule has 68 valence electrons. The number of rotatable bonds is 6. The fraction of sp³-hybridized carbons (Fsp3) is 0.500. The van der Waals surface area contributed by atoms with Gasteiger partial charge in [0.25, 0.3) is 0 Å². The minimum absolute atomic E-state index is 0.360. The molecule has 0 aromatic carbocycles. The van der Waals surface area contributed by atoms with Crippen LogP contribution in [-0.4, -0.2) is 5.97 Å². The first-order valence-corrected chi connectivity index (χ1v) is 4.22. The normalized spacial score (nSPS) is 9.08. The van der Waals surface area contributed by atoms with Crippen molar-refractivity contribution in [2.75, 3.05) is 0 Å². The predicted octanol–water partition coefficient (Wildman–Crippen LogP) is 2.81. The molecular formula is C10H16O2. The smallest absolute Gasteiger partial charge is 0.338 e. The summed E-state index contributed by atoms with van der Waals surface area (Å²) in [6.07, 6.45) is 5.12. The topological polar surface area (TPSA) is 26.3 Å². The summed E-state index contributed by atoms with van der Waals surface area (Å²) in [5.74, 6) is -0.360. The van der Waals surface area contributed by atoms with E-state index >= 15 is 0 Å². The monoisotopic (exact) mass is 168 g/mol. The minimum atomic E-state index is -0.360. The molecule has 0 aromatic heterocycles. The lowest BCUT2D eigenvalue weighted by Crippen LogP contribution is -2.02. The third-order valence-electron chi connectivity index (χ3n) is 1.56. The van der Waals surface area contributed by atoms with Gasteiger partial charge in [-0.25, -0.2) is 4.79 Å². The molecule has 0 saturated heterocycles. The molecule has 0 amide bonds. The number of carbonyl (C=O) groups excluding carboxylic acids is 1. The maximum absolute atomic E-state index is 10.9. The summed E-state index contributed by atoms with van der Waals surface area (Å²) >= 11 is 0. The lowest BCUT2D eigenvalue weighted by atomic mass is 10.1. The van der Waals surface area contributed by atoms with Crippen molar-refractivity contribution in [3.63, 3.8) is 0 Å². The van der Waals surface area contributed by atoms with Gasteiger partial charge in [-0.15, -0.1) is 0 Å². The first-order valence-electron chi connectivity index (χ1n) is 4.22. The van der Waals surface area contributed by atoms with Crippen LogP contribution in [0.5, 0.6) is 0 Å². The van der Waals surface area contributed by atoms with Crippen molar-refractivity contribution in [2.24, 2.45) is 0 Å². The van der Waals surface area contributed by atoms with Crippen molar-refractivity contribution in [3.05, 3.63) is 25.0 Å². The van der Waals surface area contributed by atoms with Crippen LogP contribution in [-0.2, 0) is 9.53 Å². The second kappa shape index (κ2) is 6.65. The van der Waals surface area contributed by atoms with Crippen LogP contribution in [0.15, 0.2) is 25.0 Å². The summed E-state index contributed by atoms with van der Waals surface area (Å²) in [6, 6.07) is 0. The van der Waals surface area contributed by atoms with Crippen LogP contribution in [0.25, 0.3) is 0 Å². The van der Waals surface area contributed by atoms with Crippen LogP contribution in [0.1, 0.15) is 32.6 Å². The molecule has 0 fully saturated rings. The van der Waals surface area contributed by atoms with Gasteiger partial charge in [0, 0.05) is 5.57 Å². The third kappa shape index (κ3) is 4.72. The Hall–Kier alpha value is -1.05. The summed E-state index contributed by atoms with van der Waals surface area (Å²) in [7, 11) is 0. The van der Waals surface area contributed by atoms with Crippen molar-refractivity contribution >= 4 is 5.97 Å². The van der Waals surface area contributed by atoms with E-state index in [2.05, 4.69) is 24.8 Å². The molecule has 0 spiro atoms. The zero-order chi connectivity index (χ0) is 9.40. The van der Waals surface area contributed by atoms with E-state index in [0.29, 0.717) is 5.57 Å². The fourth-order valence-electron chi connectivity index (χ4n) is 0.849. The van der Waals surface area contributed by atoms with Gasteiger partial charge in [0.1, 0.15) is 0 Å². The van der Waals surface area contributed by atoms with Gasteiger partial charge in [0.15, 0.2) is 0 Å². The second-order valence-corrected chi connectivity index (χ2v) is 2.63. The summed E-state index contributed by atoms with van der Waals surface area (Å²) in [4.78, 5) is 10.9. The third-order valence-corrected chi connectivity index (χ3v) is 1.56. The standard InChI is InChI=1S/C10H16O2/c1-4-6-7-8-9(3)10(11)12-5-2/h5H,2-4,6-8H2,1H3. The zero-order valence-corrected chi connectivity index (χ0v) is 7.64. The van der Waals surface area contributed by atoms with Crippen LogP contribution in [0, 0.1) is 0 Å². The number of esters is 1. The van der Waals surface area contributed by atoms with Crippen LogP contribution in [0.2, 0.25) is 0 Å². The maximum Gasteiger partial charge on any atom is 0.338 e. The molecule has 0 rings (SSSR count). The van der Waals surface area contributed by atoms with Gasteiger partial charge in [-0.05, 0) is 12.8 Å². The molecule has 0 bridgehead atoms. The average Bonchev–Trinajstić information content (AvgIpc) is 2.05. The Kier molecular flexibility index (Phi) is 6.07. The fourth-order valence-corrected chi connectivity index (χ4v) is 0.849. The molecular weight excluding hydrogens is 152 g/mol. The van der Waals surface area contributed by atoms with Crippen LogP contribution in [0.3, 0.4) is 0 Å². The van der Waals surface area contributed by atoms with E-state index in [9.17, 15) is 4.79 Å². The molecule has 0 atom stereocenters. The maximum atomic E-state index is 10.9. The highest BCUT2D eigenvalue weighted by molar-refractivity contribution is 5.87. The Balaban J connectivity index is 3.57. The Bertz CT molecular complexity index is 171. The van der Waals surface area contributed by atoms with Crippen LogP contribution < -0.4 is 0 Å². The van der Waals surface area contributed by atoms with Crippen LogP contribution in [0.4, 0.5) is 0 Å². The molecule has 0 heterocycles. The molecule has 0 aliphatic carbocycles. The highest BCUT2D eigenvalue weighted by Gasteiger charge is 2.05. The summed E-state index contributed by atoms with van der Waals surface area (Å²) in [6.45, 7) is 9.03. The van der Waals surface area contributed by atoms with Gasteiger partial charge in [-0.3, -0.25) is 0 Å². The van der Waals surface area contributed by atoms with Crippen LogP contribution >= 0.6 is 0 Å². The van der Waals surface area contributed by atoms with Crippen molar-refractivity contribution in [1.29, 1.82) is 0 Å². The van der Waals surface area contributed by atoms with Gasteiger partial charge < -0.3 is 4.74 Å². The number of hydrogen-bond donors (Lipinski definition) is 0. The number of unbranched alkanes of at least 4 members (excludes halogenated alkanes) is 2. The van der Waals surface area contributed by atoms with Crippen molar-refractivity contribution < 1.29 is 9.53 Å². The highest BCUT2D eigenvalue weighted by Crippen LogP contribution is 2.08. The number of hydrogen-bond acceptors (Lipinski definition) is 2. The molecule has 0 saturated carbocycles. The first-order chi connectivity index (χ1) is 5.72. The summed E-state index contributed by atoms with van der Waals surface area (Å²) in [5, 5.41) is 0. The molecule has 0 aromatic rings. The SMILES string of the molecule is C=COC(=O)C(=C)CCCCC. The molecule has 0 aliphatic rings. The van der Waals surface area contributed by atoms with E-state index < -0.39 is 0 Å². The number of ether oxygens (including phenoxy) is 1. The first kappa shape index (κ1) is 11.0. The van der Waals surface area contributed by atoms with E-state index in [1.807, 2.05) is 0 Å². The molecule has 2 nitrogen and oxygen atoms in total. The van der Waals surface area contributed by atoms with Gasteiger partial charge in [-0.1, -0.05) is 32.9 Å². The molecule has 12 heavy (non-hydrogen) atoms. The zero-order valence-electron chi connectivity index (χ0n) is 7.64. The van der Waals surface area contributed by atoms with Crippen molar-refractivity contribution in [2.45, 2.75) is 32.6 Å². The largest absolute Gasteiger partial charge is 0.432 e. The Labute approximate surface area is 73.9 Å².